The monoisotopic (exact) mass is 415 g/mol. The Hall–Kier alpha value is -4.47. The first-order chi connectivity index (χ1) is 15.0. The number of hydrogen-bond acceptors (Lipinski definition) is 7. The van der Waals surface area contributed by atoms with Gasteiger partial charge in [-0.1, -0.05) is 12.1 Å². The zero-order valence-electron chi connectivity index (χ0n) is 16.7. The summed E-state index contributed by atoms with van der Waals surface area (Å²) >= 11 is 0. The first-order valence-corrected chi connectivity index (χ1v) is 9.25. The summed E-state index contributed by atoms with van der Waals surface area (Å²) in [6.07, 6.45) is 3.20. The van der Waals surface area contributed by atoms with Crippen molar-refractivity contribution in [3.8, 4) is 5.88 Å². The number of amidine groups is 1. The molecule has 3 aromatic heterocycles. The molecule has 0 aliphatic heterocycles. The molecule has 0 radical (unpaired) electrons. The molecule has 4 rings (SSSR count). The average molecular weight is 415 g/mol. The van der Waals surface area contributed by atoms with E-state index in [1.165, 1.54) is 16.7 Å². The van der Waals surface area contributed by atoms with Crippen LogP contribution in [0, 0.1) is 17.0 Å². The summed E-state index contributed by atoms with van der Waals surface area (Å²) in [6.45, 7) is 1.73. The van der Waals surface area contributed by atoms with Crippen LogP contribution in [-0.2, 0) is 7.05 Å². The summed E-state index contributed by atoms with van der Waals surface area (Å²) in [5.41, 5.74) is 1.72. The van der Waals surface area contributed by atoms with E-state index in [1.807, 2.05) is 0 Å². The van der Waals surface area contributed by atoms with Crippen LogP contribution in [0.5, 0.6) is 5.88 Å². The van der Waals surface area contributed by atoms with Crippen molar-refractivity contribution in [3.63, 3.8) is 0 Å². The summed E-state index contributed by atoms with van der Waals surface area (Å²) < 4.78 is 1.51. The van der Waals surface area contributed by atoms with Gasteiger partial charge < -0.3 is 9.67 Å². The van der Waals surface area contributed by atoms with Crippen molar-refractivity contribution in [2.75, 3.05) is 0 Å². The van der Waals surface area contributed by atoms with Crippen LogP contribution in [0.4, 0.5) is 17.2 Å². The van der Waals surface area contributed by atoms with Gasteiger partial charge in [0.2, 0.25) is 11.7 Å². The third-order valence-corrected chi connectivity index (χ3v) is 4.62. The topological polar surface area (TPSA) is 131 Å². The van der Waals surface area contributed by atoms with E-state index in [1.54, 1.807) is 62.8 Å². The molecule has 0 saturated carbocycles. The Bertz CT molecular complexity index is 1330. The van der Waals surface area contributed by atoms with Crippen molar-refractivity contribution in [1.82, 2.24) is 14.5 Å². The van der Waals surface area contributed by atoms with Crippen LogP contribution < -0.4 is 0 Å². The molecule has 10 nitrogen and oxygen atoms in total. The molecule has 0 amide bonds. The number of non-ortho nitro benzene ring substituents is 1. The van der Waals surface area contributed by atoms with E-state index in [2.05, 4.69) is 25.2 Å². The fourth-order valence-electron chi connectivity index (χ4n) is 3.23. The van der Waals surface area contributed by atoms with Gasteiger partial charge in [0, 0.05) is 37.0 Å². The normalized spacial score (nSPS) is 12.0. The molecule has 0 aliphatic rings. The van der Waals surface area contributed by atoms with Crippen molar-refractivity contribution in [2.45, 2.75) is 6.92 Å². The number of aromatic hydroxyl groups is 1. The quantitative estimate of drug-likeness (QED) is 0.169. The molecule has 1 N–H and O–H groups in total. The highest BCUT2D eigenvalue weighted by Crippen LogP contribution is 2.41. The molecule has 1 aromatic carbocycles. The second-order valence-electron chi connectivity index (χ2n) is 6.69. The minimum Gasteiger partial charge on any atom is -0.493 e. The maximum absolute atomic E-state index is 11.3. The number of hydrogen-bond donors (Lipinski definition) is 1. The molecule has 0 bridgehead atoms. The summed E-state index contributed by atoms with van der Waals surface area (Å²) in [4.78, 5) is 23.7. The lowest BCUT2D eigenvalue weighted by molar-refractivity contribution is -0.384. The van der Waals surface area contributed by atoms with Gasteiger partial charge in [-0.05, 0) is 36.8 Å². The molecule has 3 heterocycles. The van der Waals surface area contributed by atoms with Crippen LogP contribution in [-0.4, -0.2) is 30.4 Å². The van der Waals surface area contributed by atoms with E-state index in [0.29, 0.717) is 28.0 Å². The number of fused-ring (bicyclic) bond motifs is 1. The molecule has 0 spiro atoms. The third-order valence-electron chi connectivity index (χ3n) is 4.62. The van der Waals surface area contributed by atoms with E-state index >= 15 is 0 Å². The fraction of sp³-hybridized carbons (Fsp3) is 0.0952. The van der Waals surface area contributed by atoms with Gasteiger partial charge in [0.25, 0.3) is 5.69 Å². The summed E-state index contributed by atoms with van der Waals surface area (Å²) in [5, 5.41) is 30.8. The van der Waals surface area contributed by atoms with Crippen molar-refractivity contribution in [2.24, 2.45) is 22.3 Å². The Morgan fingerprint density at radius 1 is 1.13 bits per heavy atom. The maximum Gasteiger partial charge on any atom is 0.270 e. The van der Waals surface area contributed by atoms with Crippen molar-refractivity contribution in [3.05, 3.63) is 82.3 Å². The van der Waals surface area contributed by atoms with Gasteiger partial charge in [-0.15, -0.1) is 10.2 Å². The largest absolute Gasteiger partial charge is 0.493 e. The molecule has 0 atom stereocenters. The van der Waals surface area contributed by atoms with E-state index in [0.717, 1.165) is 0 Å². The predicted molar refractivity (Wildman–Crippen MR) is 115 cm³/mol. The summed E-state index contributed by atoms with van der Waals surface area (Å²) in [7, 11) is 1.65. The van der Waals surface area contributed by atoms with Gasteiger partial charge in [-0.25, -0.2) is 9.98 Å². The molecule has 0 unspecified atom stereocenters. The van der Waals surface area contributed by atoms with Crippen molar-refractivity contribution < 1.29 is 10.0 Å². The number of nitrogens with zero attached hydrogens (tertiary/aromatic N) is 7. The number of azo groups is 1. The third kappa shape index (κ3) is 3.86. The Morgan fingerprint density at radius 3 is 2.52 bits per heavy atom. The highest BCUT2D eigenvalue weighted by Gasteiger charge is 2.20. The van der Waals surface area contributed by atoms with Crippen LogP contribution in [0.1, 0.15) is 11.3 Å². The first-order valence-electron chi connectivity index (χ1n) is 9.25. The number of pyridine rings is 2. The SMILES string of the molecule is Cc1cc([N+](=O)[O-])cc2c(N=N/C(=N/c3ccccn3)c3ccccn3)c(O)n(C)c12. The zero-order chi connectivity index (χ0) is 22.0. The predicted octanol–water partition coefficient (Wildman–Crippen LogP) is 4.75. The molecule has 0 fully saturated rings. The molecule has 0 saturated heterocycles. The fourth-order valence-corrected chi connectivity index (χ4v) is 3.23. The van der Waals surface area contributed by atoms with Crippen LogP contribution in [0.25, 0.3) is 10.9 Å². The zero-order valence-corrected chi connectivity index (χ0v) is 16.7. The van der Waals surface area contributed by atoms with Gasteiger partial charge >= 0.3 is 0 Å². The maximum atomic E-state index is 11.3. The van der Waals surface area contributed by atoms with Gasteiger partial charge in [-0.3, -0.25) is 15.1 Å². The van der Waals surface area contributed by atoms with E-state index in [9.17, 15) is 15.2 Å². The minimum atomic E-state index is -0.487. The Kier molecular flexibility index (Phi) is 5.19. The second kappa shape index (κ2) is 8.11. The van der Waals surface area contributed by atoms with Crippen molar-refractivity contribution in [1.29, 1.82) is 0 Å². The van der Waals surface area contributed by atoms with Gasteiger partial charge in [-0.2, -0.15) is 0 Å². The number of rotatable bonds is 4. The van der Waals surface area contributed by atoms with E-state index < -0.39 is 4.92 Å². The Morgan fingerprint density at radius 2 is 1.87 bits per heavy atom. The Balaban J connectivity index is 1.87. The standard InChI is InChI=1S/C21H17N7O3/c1-13-11-14(28(30)31)12-15-18(21(29)27(2)19(13)15)25-26-20(16-7-3-5-9-22-16)24-17-8-4-6-10-23-17/h3-12,29H,1-2H3/b24-20+,26-25?. The van der Waals surface area contributed by atoms with Gasteiger partial charge in [0.05, 0.1) is 10.4 Å². The Labute approximate surface area is 176 Å². The number of aromatic nitrogens is 3. The molecular weight excluding hydrogens is 398 g/mol. The number of nitro benzene ring substituents is 1. The van der Waals surface area contributed by atoms with Gasteiger partial charge in [0.15, 0.2) is 11.5 Å². The minimum absolute atomic E-state index is 0.0980. The number of benzene rings is 1. The summed E-state index contributed by atoms with van der Waals surface area (Å²) in [5.74, 6) is 0.425. The van der Waals surface area contributed by atoms with Crippen LogP contribution in [0.3, 0.4) is 0 Å². The highest BCUT2D eigenvalue weighted by atomic mass is 16.6. The smallest absolute Gasteiger partial charge is 0.270 e. The average Bonchev–Trinajstić information content (AvgIpc) is 3.02. The van der Waals surface area contributed by atoms with E-state index in [4.69, 9.17) is 0 Å². The molecule has 10 heteroatoms. The lowest BCUT2D eigenvalue weighted by Gasteiger charge is -2.01. The molecular formula is C21H17N7O3. The number of nitro groups is 1. The highest BCUT2D eigenvalue weighted by molar-refractivity contribution is 6.01. The molecule has 0 aliphatic carbocycles. The molecule has 154 valence electrons. The number of aryl methyl sites for hydroxylation is 2. The molecule has 4 aromatic rings. The number of aliphatic imine (C=N–C) groups is 1. The van der Waals surface area contributed by atoms with Crippen molar-refractivity contribution >= 4 is 33.9 Å². The second-order valence-corrected chi connectivity index (χ2v) is 6.69. The van der Waals surface area contributed by atoms with Crippen LogP contribution in [0.2, 0.25) is 0 Å². The molecule has 31 heavy (non-hydrogen) atoms. The van der Waals surface area contributed by atoms with Crippen LogP contribution in [0.15, 0.2) is 76.1 Å². The summed E-state index contributed by atoms with van der Waals surface area (Å²) in [6, 6.07) is 13.4. The lowest BCUT2D eigenvalue weighted by atomic mass is 10.1. The van der Waals surface area contributed by atoms with Crippen LogP contribution >= 0.6 is 0 Å². The first kappa shape index (κ1) is 19.8. The van der Waals surface area contributed by atoms with E-state index in [-0.39, 0.29) is 23.1 Å². The lowest BCUT2D eigenvalue weighted by Crippen LogP contribution is -1.99. The van der Waals surface area contributed by atoms with Gasteiger partial charge in [0.1, 0.15) is 5.69 Å².